The summed E-state index contributed by atoms with van der Waals surface area (Å²) in [7, 11) is 0. The zero-order chi connectivity index (χ0) is 17.9. The molecule has 1 fully saturated rings. The molecule has 0 radical (unpaired) electrons. The van der Waals surface area contributed by atoms with Crippen molar-refractivity contribution in [2.75, 3.05) is 47.4 Å². The van der Waals surface area contributed by atoms with Crippen molar-refractivity contribution in [2.24, 2.45) is 0 Å². The summed E-state index contributed by atoms with van der Waals surface area (Å²) in [6.45, 7) is 3.54. The molecule has 26 heavy (non-hydrogen) atoms. The Labute approximate surface area is 153 Å². The molecule has 0 unspecified atom stereocenters. The van der Waals surface area contributed by atoms with Crippen LogP contribution in [0.4, 0.5) is 23.1 Å². The van der Waals surface area contributed by atoms with Crippen molar-refractivity contribution in [1.82, 2.24) is 9.97 Å². The lowest BCUT2D eigenvalue weighted by atomic mass is 10.0. The third kappa shape index (κ3) is 3.13. The van der Waals surface area contributed by atoms with Crippen LogP contribution < -0.4 is 21.3 Å². The van der Waals surface area contributed by atoms with Crippen molar-refractivity contribution < 1.29 is 0 Å². The second-order valence-corrected chi connectivity index (χ2v) is 6.36. The van der Waals surface area contributed by atoms with Gasteiger partial charge >= 0.3 is 0 Å². The van der Waals surface area contributed by atoms with Crippen molar-refractivity contribution in [3.63, 3.8) is 0 Å². The standard InChI is InChI=1S/C20H22N6/c21-19-18(14-23-20(22)24-19)26-12-10-25(11-13-26)17-9-5-4-8-16(17)15-6-2-1-3-7-15/h1-9,14H,10-13H2,(H4,21,22,23,24). The first-order valence-corrected chi connectivity index (χ1v) is 8.75. The molecule has 1 saturated heterocycles. The third-order valence-electron chi connectivity index (χ3n) is 4.77. The number of benzene rings is 2. The Balaban J connectivity index is 1.54. The molecule has 0 amide bonds. The van der Waals surface area contributed by atoms with Crippen LogP contribution >= 0.6 is 0 Å². The normalized spacial score (nSPS) is 14.5. The minimum atomic E-state index is 0.210. The van der Waals surface area contributed by atoms with Crippen LogP contribution in [0, 0.1) is 0 Å². The second kappa shape index (κ2) is 6.92. The molecule has 0 atom stereocenters. The summed E-state index contributed by atoms with van der Waals surface area (Å²) >= 11 is 0. The van der Waals surface area contributed by atoms with Gasteiger partial charge in [-0.15, -0.1) is 0 Å². The van der Waals surface area contributed by atoms with Crippen LogP contribution in [0.25, 0.3) is 11.1 Å². The highest BCUT2D eigenvalue weighted by atomic mass is 15.3. The molecule has 0 saturated carbocycles. The van der Waals surface area contributed by atoms with E-state index >= 15 is 0 Å². The lowest BCUT2D eigenvalue weighted by molar-refractivity contribution is 0.653. The first kappa shape index (κ1) is 16.2. The number of hydrogen-bond acceptors (Lipinski definition) is 6. The SMILES string of the molecule is Nc1ncc(N2CCN(c3ccccc3-c3ccccc3)CC2)c(N)n1. The summed E-state index contributed by atoms with van der Waals surface area (Å²) in [6.07, 6.45) is 1.71. The number of nitrogen functional groups attached to an aromatic ring is 2. The molecular formula is C20H22N6. The second-order valence-electron chi connectivity index (χ2n) is 6.36. The van der Waals surface area contributed by atoms with Crippen LogP contribution in [0.1, 0.15) is 0 Å². The number of aromatic nitrogens is 2. The maximum absolute atomic E-state index is 6.01. The number of hydrogen-bond donors (Lipinski definition) is 2. The molecule has 4 rings (SSSR count). The van der Waals surface area contributed by atoms with E-state index in [4.69, 9.17) is 11.5 Å². The van der Waals surface area contributed by atoms with Gasteiger partial charge in [-0.2, -0.15) is 4.98 Å². The van der Waals surface area contributed by atoms with E-state index in [-0.39, 0.29) is 5.95 Å². The molecule has 1 aromatic heterocycles. The minimum absolute atomic E-state index is 0.210. The van der Waals surface area contributed by atoms with Gasteiger partial charge in [0.2, 0.25) is 5.95 Å². The van der Waals surface area contributed by atoms with Crippen LogP contribution in [0.5, 0.6) is 0 Å². The Bertz CT molecular complexity index is 888. The van der Waals surface area contributed by atoms with E-state index < -0.39 is 0 Å². The quantitative estimate of drug-likeness (QED) is 0.758. The van der Waals surface area contributed by atoms with Gasteiger partial charge in [0.25, 0.3) is 0 Å². The van der Waals surface area contributed by atoms with Crippen molar-refractivity contribution in [1.29, 1.82) is 0 Å². The van der Waals surface area contributed by atoms with Gasteiger partial charge in [0.05, 0.1) is 11.9 Å². The number of nitrogens with two attached hydrogens (primary N) is 2. The molecule has 0 bridgehead atoms. The fourth-order valence-corrected chi connectivity index (χ4v) is 3.45. The number of rotatable bonds is 3. The van der Waals surface area contributed by atoms with Gasteiger partial charge in [-0.3, -0.25) is 0 Å². The minimum Gasteiger partial charge on any atom is -0.382 e. The molecule has 0 aliphatic carbocycles. The Morgan fingerprint density at radius 3 is 2.04 bits per heavy atom. The number of nitrogens with zero attached hydrogens (tertiary/aromatic N) is 4. The van der Waals surface area contributed by atoms with Gasteiger partial charge in [-0.05, 0) is 11.6 Å². The molecular weight excluding hydrogens is 324 g/mol. The summed E-state index contributed by atoms with van der Waals surface area (Å²) in [5.74, 6) is 0.650. The van der Waals surface area contributed by atoms with Gasteiger partial charge in [-0.1, -0.05) is 48.5 Å². The Morgan fingerprint density at radius 1 is 0.731 bits per heavy atom. The average Bonchev–Trinajstić information content (AvgIpc) is 2.69. The van der Waals surface area contributed by atoms with Crippen molar-refractivity contribution >= 4 is 23.1 Å². The lowest BCUT2D eigenvalue weighted by Gasteiger charge is -2.38. The molecule has 1 aliphatic rings. The fourth-order valence-electron chi connectivity index (χ4n) is 3.45. The molecule has 0 spiro atoms. The molecule has 6 heteroatoms. The first-order chi connectivity index (χ1) is 12.7. The summed E-state index contributed by atoms with van der Waals surface area (Å²) in [5, 5.41) is 0. The van der Waals surface area contributed by atoms with E-state index in [9.17, 15) is 0 Å². The van der Waals surface area contributed by atoms with Crippen LogP contribution in [0.15, 0.2) is 60.8 Å². The number of piperazine rings is 1. The smallest absolute Gasteiger partial charge is 0.222 e. The highest BCUT2D eigenvalue weighted by molar-refractivity contribution is 5.79. The zero-order valence-electron chi connectivity index (χ0n) is 14.5. The van der Waals surface area contributed by atoms with Crippen LogP contribution in [0.3, 0.4) is 0 Å². The zero-order valence-corrected chi connectivity index (χ0v) is 14.5. The topological polar surface area (TPSA) is 84.3 Å². The van der Waals surface area contributed by atoms with E-state index in [2.05, 4.69) is 68.3 Å². The average molecular weight is 346 g/mol. The Morgan fingerprint density at radius 2 is 1.35 bits per heavy atom. The van der Waals surface area contributed by atoms with Gasteiger partial charge in [0.1, 0.15) is 0 Å². The van der Waals surface area contributed by atoms with Crippen molar-refractivity contribution in [2.45, 2.75) is 0 Å². The van der Waals surface area contributed by atoms with Crippen LogP contribution in [-0.4, -0.2) is 36.1 Å². The van der Waals surface area contributed by atoms with E-state index in [0.29, 0.717) is 5.82 Å². The largest absolute Gasteiger partial charge is 0.382 e. The molecule has 4 N–H and O–H groups in total. The Kier molecular flexibility index (Phi) is 4.31. The van der Waals surface area contributed by atoms with Gasteiger partial charge in [-0.25, -0.2) is 4.98 Å². The maximum atomic E-state index is 6.01. The van der Waals surface area contributed by atoms with Crippen LogP contribution in [0.2, 0.25) is 0 Å². The monoisotopic (exact) mass is 346 g/mol. The van der Waals surface area contributed by atoms with Gasteiger partial charge in [0, 0.05) is 37.4 Å². The summed E-state index contributed by atoms with van der Waals surface area (Å²) in [5.41, 5.74) is 16.2. The summed E-state index contributed by atoms with van der Waals surface area (Å²) < 4.78 is 0. The highest BCUT2D eigenvalue weighted by Crippen LogP contribution is 2.32. The third-order valence-corrected chi connectivity index (χ3v) is 4.77. The van der Waals surface area contributed by atoms with E-state index in [1.165, 1.54) is 16.8 Å². The van der Waals surface area contributed by atoms with E-state index in [1.54, 1.807) is 6.20 Å². The molecule has 132 valence electrons. The molecule has 2 aromatic carbocycles. The molecule has 6 nitrogen and oxygen atoms in total. The summed E-state index contributed by atoms with van der Waals surface area (Å²) in [6, 6.07) is 19.1. The highest BCUT2D eigenvalue weighted by Gasteiger charge is 2.21. The van der Waals surface area contributed by atoms with E-state index in [0.717, 1.165) is 31.9 Å². The molecule has 1 aliphatic heterocycles. The van der Waals surface area contributed by atoms with Crippen molar-refractivity contribution in [3.8, 4) is 11.1 Å². The lowest BCUT2D eigenvalue weighted by Crippen LogP contribution is -2.47. The van der Waals surface area contributed by atoms with E-state index in [1.807, 2.05) is 6.07 Å². The predicted octanol–water partition coefficient (Wildman–Crippen LogP) is 2.63. The number of para-hydroxylation sites is 1. The predicted molar refractivity (Wildman–Crippen MR) is 107 cm³/mol. The Hall–Kier alpha value is -3.28. The van der Waals surface area contributed by atoms with Crippen molar-refractivity contribution in [3.05, 3.63) is 60.8 Å². The molecule has 2 heterocycles. The fraction of sp³-hybridized carbons (Fsp3) is 0.200. The van der Waals surface area contributed by atoms with Gasteiger partial charge in [0.15, 0.2) is 5.82 Å². The first-order valence-electron chi connectivity index (χ1n) is 8.75. The van der Waals surface area contributed by atoms with Gasteiger partial charge < -0.3 is 21.3 Å². The molecule has 3 aromatic rings. The maximum Gasteiger partial charge on any atom is 0.222 e. The van der Waals surface area contributed by atoms with Crippen LogP contribution in [-0.2, 0) is 0 Å². The number of anilines is 4. The summed E-state index contributed by atoms with van der Waals surface area (Å²) in [4.78, 5) is 12.8.